The molecule has 0 bridgehead atoms. The lowest BCUT2D eigenvalue weighted by atomic mass is 10.1. The Morgan fingerprint density at radius 2 is 2.21 bits per heavy atom. The van der Waals surface area contributed by atoms with Gasteiger partial charge in [-0.2, -0.15) is 0 Å². The van der Waals surface area contributed by atoms with Crippen LogP contribution in [0.4, 0.5) is 8.78 Å². The topological polar surface area (TPSA) is 42.4 Å². The summed E-state index contributed by atoms with van der Waals surface area (Å²) in [6.45, 7) is -0.557. The van der Waals surface area contributed by atoms with Crippen molar-refractivity contribution in [2.45, 2.75) is 12.3 Å². The van der Waals surface area contributed by atoms with Crippen LogP contribution in [0.1, 0.15) is 12.0 Å². The molecule has 0 atom stereocenters. The van der Waals surface area contributed by atoms with E-state index in [9.17, 15) is 8.78 Å². The standard InChI is InChI=1S/C9H11F2NO2/c1-14-8-3-2-7(6-12-8)9(10,11)4-5-13/h2-3,6,13H,4-5H2,1H3. The van der Waals surface area contributed by atoms with E-state index in [0.717, 1.165) is 6.20 Å². The zero-order chi connectivity index (χ0) is 10.6. The number of hydrogen-bond donors (Lipinski definition) is 1. The molecular formula is C9H11F2NO2. The van der Waals surface area contributed by atoms with Gasteiger partial charge in [-0.3, -0.25) is 0 Å². The third kappa shape index (κ3) is 2.38. The summed E-state index contributed by atoms with van der Waals surface area (Å²) >= 11 is 0. The van der Waals surface area contributed by atoms with E-state index in [1.807, 2.05) is 0 Å². The monoisotopic (exact) mass is 203 g/mol. The molecule has 1 rings (SSSR count). The normalized spacial score (nSPS) is 11.4. The average molecular weight is 203 g/mol. The SMILES string of the molecule is COc1ccc(C(F)(F)CCO)cn1. The van der Waals surface area contributed by atoms with Gasteiger partial charge in [0.25, 0.3) is 5.92 Å². The minimum Gasteiger partial charge on any atom is -0.481 e. The van der Waals surface area contributed by atoms with Crippen molar-refractivity contribution in [1.82, 2.24) is 4.98 Å². The van der Waals surface area contributed by atoms with E-state index in [4.69, 9.17) is 9.84 Å². The summed E-state index contributed by atoms with van der Waals surface area (Å²) in [6, 6.07) is 2.60. The Balaban J connectivity index is 2.85. The number of alkyl halides is 2. The van der Waals surface area contributed by atoms with E-state index in [1.54, 1.807) is 0 Å². The highest BCUT2D eigenvalue weighted by atomic mass is 19.3. The molecule has 0 saturated carbocycles. The lowest BCUT2D eigenvalue weighted by molar-refractivity contribution is -0.0273. The minimum absolute atomic E-state index is 0.215. The first kappa shape index (κ1) is 10.8. The molecule has 0 fully saturated rings. The van der Waals surface area contributed by atoms with E-state index in [1.165, 1.54) is 19.2 Å². The number of hydrogen-bond acceptors (Lipinski definition) is 3. The van der Waals surface area contributed by atoms with Gasteiger partial charge in [0.05, 0.1) is 7.11 Å². The lowest BCUT2D eigenvalue weighted by Gasteiger charge is -2.14. The number of aromatic nitrogens is 1. The maximum Gasteiger partial charge on any atom is 0.276 e. The lowest BCUT2D eigenvalue weighted by Crippen LogP contribution is -2.15. The van der Waals surface area contributed by atoms with E-state index in [0.29, 0.717) is 0 Å². The predicted octanol–water partition coefficient (Wildman–Crippen LogP) is 1.56. The highest BCUT2D eigenvalue weighted by Crippen LogP contribution is 2.31. The number of pyridine rings is 1. The van der Waals surface area contributed by atoms with Crippen LogP contribution in [0, 0.1) is 0 Å². The second-order valence-corrected chi connectivity index (χ2v) is 2.77. The molecule has 0 aliphatic rings. The quantitative estimate of drug-likeness (QED) is 0.807. The average Bonchev–Trinajstić information content (AvgIpc) is 2.18. The van der Waals surface area contributed by atoms with E-state index in [2.05, 4.69) is 4.98 Å². The molecule has 0 radical (unpaired) electrons. The Bertz CT molecular complexity index is 287. The maximum atomic E-state index is 13.2. The van der Waals surface area contributed by atoms with Crippen molar-refractivity contribution in [2.75, 3.05) is 13.7 Å². The van der Waals surface area contributed by atoms with Gasteiger partial charge in [0.15, 0.2) is 0 Å². The molecule has 0 aliphatic carbocycles. The molecule has 0 amide bonds. The number of methoxy groups -OCH3 is 1. The van der Waals surface area contributed by atoms with Crippen LogP contribution in [0.25, 0.3) is 0 Å². The largest absolute Gasteiger partial charge is 0.481 e. The highest BCUT2D eigenvalue weighted by Gasteiger charge is 2.30. The summed E-state index contributed by atoms with van der Waals surface area (Å²) in [5, 5.41) is 8.44. The predicted molar refractivity (Wildman–Crippen MR) is 46.4 cm³/mol. The summed E-state index contributed by atoms with van der Waals surface area (Å²) in [4.78, 5) is 3.66. The van der Waals surface area contributed by atoms with Gasteiger partial charge in [0, 0.05) is 30.9 Å². The first-order chi connectivity index (χ1) is 6.60. The Labute approximate surface area is 80.3 Å². The van der Waals surface area contributed by atoms with Gasteiger partial charge >= 0.3 is 0 Å². The first-order valence-corrected chi connectivity index (χ1v) is 4.09. The first-order valence-electron chi connectivity index (χ1n) is 4.09. The van der Waals surface area contributed by atoms with Gasteiger partial charge in [-0.15, -0.1) is 0 Å². The van der Waals surface area contributed by atoms with Crippen molar-refractivity contribution < 1.29 is 18.6 Å². The molecular weight excluding hydrogens is 192 g/mol. The smallest absolute Gasteiger partial charge is 0.276 e. The zero-order valence-corrected chi connectivity index (χ0v) is 7.70. The minimum atomic E-state index is -3.03. The van der Waals surface area contributed by atoms with Gasteiger partial charge in [-0.1, -0.05) is 0 Å². The Kier molecular flexibility index (Phi) is 3.35. The van der Waals surface area contributed by atoms with Crippen molar-refractivity contribution >= 4 is 0 Å². The molecule has 0 aromatic carbocycles. The summed E-state index contributed by atoms with van der Waals surface area (Å²) in [5.74, 6) is -2.75. The number of aliphatic hydroxyl groups excluding tert-OH is 1. The zero-order valence-electron chi connectivity index (χ0n) is 7.70. The molecule has 0 spiro atoms. The highest BCUT2D eigenvalue weighted by molar-refractivity contribution is 5.21. The van der Waals surface area contributed by atoms with Crippen LogP contribution in [-0.4, -0.2) is 23.8 Å². The van der Waals surface area contributed by atoms with Crippen molar-refractivity contribution in [3.63, 3.8) is 0 Å². The maximum absolute atomic E-state index is 13.2. The summed E-state index contributed by atoms with van der Waals surface area (Å²) in [6.07, 6.45) is 0.454. The fraction of sp³-hybridized carbons (Fsp3) is 0.444. The summed E-state index contributed by atoms with van der Waals surface area (Å²) < 4.78 is 31.0. The molecule has 0 unspecified atom stereocenters. The molecule has 1 aromatic heterocycles. The van der Waals surface area contributed by atoms with Crippen LogP contribution in [0.15, 0.2) is 18.3 Å². The molecule has 0 aliphatic heterocycles. The molecule has 14 heavy (non-hydrogen) atoms. The van der Waals surface area contributed by atoms with Gasteiger partial charge in [0.1, 0.15) is 0 Å². The van der Waals surface area contributed by atoms with Crippen LogP contribution in [0.3, 0.4) is 0 Å². The van der Waals surface area contributed by atoms with Crippen LogP contribution >= 0.6 is 0 Å². The Morgan fingerprint density at radius 3 is 2.64 bits per heavy atom. The third-order valence-electron chi connectivity index (χ3n) is 1.79. The second kappa shape index (κ2) is 4.32. The van der Waals surface area contributed by atoms with E-state index >= 15 is 0 Å². The number of aliphatic hydroxyl groups is 1. The number of halogens is 2. The number of ether oxygens (including phenoxy) is 1. The van der Waals surface area contributed by atoms with Crippen LogP contribution < -0.4 is 4.74 Å². The fourth-order valence-electron chi connectivity index (χ4n) is 1.00. The molecule has 78 valence electrons. The van der Waals surface area contributed by atoms with Crippen LogP contribution in [-0.2, 0) is 5.92 Å². The van der Waals surface area contributed by atoms with E-state index < -0.39 is 19.0 Å². The third-order valence-corrected chi connectivity index (χ3v) is 1.79. The molecule has 1 N–H and O–H groups in total. The van der Waals surface area contributed by atoms with Crippen molar-refractivity contribution in [3.05, 3.63) is 23.9 Å². The van der Waals surface area contributed by atoms with E-state index in [-0.39, 0.29) is 11.4 Å². The Hall–Kier alpha value is -1.23. The molecule has 1 aromatic rings. The van der Waals surface area contributed by atoms with Crippen molar-refractivity contribution in [3.8, 4) is 5.88 Å². The van der Waals surface area contributed by atoms with Crippen LogP contribution in [0.2, 0.25) is 0 Å². The number of nitrogens with zero attached hydrogens (tertiary/aromatic N) is 1. The van der Waals surface area contributed by atoms with Crippen LogP contribution in [0.5, 0.6) is 5.88 Å². The molecule has 3 nitrogen and oxygen atoms in total. The fourth-order valence-corrected chi connectivity index (χ4v) is 1.00. The van der Waals surface area contributed by atoms with Gasteiger partial charge in [-0.05, 0) is 6.07 Å². The molecule has 5 heteroatoms. The van der Waals surface area contributed by atoms with Gasteiger partial charge in [0.2, 0.25) is 5.88 Å². The van der Waals surface area contributed by atoms with Crippen molar-refractivity contribution in [1.29, 1.82) is 0 Å². The summed E-state index contributed by atoms with van der Waals surface area (Å²) in [7, 11) is 1.41. The second-order valence-electron chi connectivity index (χ2n) is 2.77. The van der Waals surface area contributed by atoms with Crippen molar-refractivity contribution in [2.24, 2.45) is 0 Å². The van der Waals surface area contributed by atoms with Gasteiger partial charge in [-0.25, -0.2) is 13.8 Å². The Morgan fingerprint density at radius 1 is 1.50 bits per heavy atom. The van der Waals surface area contributed by atoms with Gasteiger partial charge < -0.3 is 9.84 Å². The number of rotatable bonds is 4. The molecule has 0 saturated heterocycles. The molecule has 1 heterocycles. The summed E-state index contributed by atoms with van der Waals surface area (Å²) in [5.41, 5.74) is -0.215.